The van der Waals surface area contributed by atoms with Crippen molar-refractivity contribution >= 4 is 17.1 Å². The summed E-state index contributed by atoms with van der Waals surface area (Å²) in [4.78, 5) is 21.1. The molecule has 0 fully saturated rings. The lowest BCUT2D eigenvalue weighted by Gasteiger charge is -2.23. The Balaban J connectivity index is 2.13. The zero-order chi connectivity index (χ0) is 16.0. The molecule has 0 atom stereocenters. The summed E-state index contributed by atoms with van der Waals surface area (Å²) in [6.07, 6.45) is 2.38. The number of hydrogen-bond donors (Lipinski definition) is 1. The van der Waals surface area contributed by atoms with Crippen molar-refractivity contribution in [3.8, 4) is 17.0 Å². The molecule has 0 bridgehead atoms. The number of benzene rings is 1. The van der Waals surface area contributed by atoms with Gasteiger partial charge in [-0.2, -0.15) is 0 Å². The van der Waals surface area contributed by atoms with Crippen molar-refractivity contribution in [1.29, 1.82) is 0 Å². The topological polar surface area (TPSA) is 67.5 Å². The molecule has 1 aromatic carbocycles. The van der Waals surface area contributed by atoms with E-state index in [1.54, 1.807) is 30.0 Å². The Hall–Kier alpha value is -2.95. The third kappa shape index (κ3) is 1.97. The van der Waals surface area contributed by atoms with Crippen molar-refractivity contribution in [1.82, 2.24) is 9.55 Å². The van der Waals surface area contributed by atoms with Crippen LogP contribution in [0.5, 0.6) is 5.75 Å². The van der Waals surface area contributed by atoms with E-state index in [9.17, 15) is 9.90 Å². The van der Waals surface area contributed by atoms with E-state index in [1.165, 1.54) is 0 Å². The van der Waals surface area contributed by atoms with Crippen molar-refractivity contribution in [2.24, 2.45) is 4.99 Å². The fourth-order valence-electron chi connectivity index (χ4n) is 3.21. The first kappa shape index (κ1) is 13.7. The Morgan fingerprint density at radius 3 is 2.91 bits per heavy atom. The first-order valence-electron chi connectivity index (χ1n) is 7.47. The highest BCUT2D eigenvalue weighted by Crippen LogP contribution is 2.37. The van der Waals surface area contributed by atoms with E-state index in [4.69, 9.17) is 0 Å². The van der Waals surface area contributed by atoms with E-state index >= 15 is 0 Å². The molecule has 23 heavy (non-hydrogen) atoms. The summed E-state index contributed by atoms with van der Waals surface area (Å²) < 4.78 is 1.65. The van der Waals surface area contributed by atoms with Gasteiger partial charge >= 0.3 is 0 Å². The normalized spacial score (nSPS) is 13.3. The van der Waals surface area contributed by atoms with Gasteiger partial charge in [0.2, 0.25) is 0 Å². The van der Waals surface area contributed by atoms with Crippen LogP contribution in [0.4, 0.5) is 0 Å². The van der Waals surface area contributed by atoms with Crippen LogP contribution in [0.25, 0.3) is 22.2 Å². The molecule has 1 aliphatic heterocycles. The van der Waals surface area contributed by atoms with Crippen molar-refractivity contribution in [3.05, 3.63) is 58.0 Å². The zero-order valence-corrected chi connectivity index (χ0v) is 12.7. The largest absolute Gasteiger partial charge is 0.504 e. The Kier molecular flexibility index (Phi) is 3.01. The van der Waals surface area contributed by atoms with Gasteiger partial charge in [0.1, 0.15) is 5.52 Å². The van der Waals surface area contributed by atoms with Gasteiger partial charge in [-0.05, 0) is 24.1 Å². The minimum absolute atomic E-state index is 0.0538. The van der Waals surface area contributed by atoms with Gasteiger partial charge in [0, 0.05) is 25.4 Å². The molecule has 0 spiro atoms. The average Bonchev–Trinajstić information content (AvgIpc) is 2.59. The number of pyridine rings is 2. The van der Waals surface area contributed by atoms with Gasteiger partial charge in [-0.3, -0.25) is 9.79 Å². The second kappa shape index (κ2) is 5.05. The summed E-state index contributed by atoms with van der Waals surface area (Å²) in [7, 11) is 1.66. The highest BCUT2D eigenvalue weighted by atomic mass is 16.3. The number of aromatic hydroxyl groups is 1. The second-order valence-electron chi connectivity index (χ2n) is 5.58. The standard InChI is InChI=1S/C18H15N3O2/c1-19-10-12-6-7-14-15(20-12)17(22)16-13-5-3-2-4-11(13)8-9-21(16)18(14)23/h2-7,10,22H,8-9H2,1H3. The van der Waals surface area contributed by atoms with Crippen LogP contribution in [0.3, 0.4) is 0 Å². The van der Waals surface area contributed by atoms with Crippen LogP contribution in [-0.4, -0.2) is 27.9 Å². The smallest absolute Gasteiger partial charge is 0.260 e. The molecule has 114 valence electrons. The SMILES string of the molecule is CN=Cc1ccc2c(=O)n3c(c(O)c2n1)-c1ccccc1CC3. The summed E-state index contributed by atoms with van der Waals surface area (Å²) in [6, 6.07) is 11.3. The maximum Gasteiger partial charge on any atom is 0.260 e. The minimum Gasteiger partial charge on any atom is -0.504 e. The predicted octanol–water partition coefficient (Wildman–Crippen LogP) is 2.37. The third-order valence-corrected chi connectivity index (χ3v) is 4.25. The third-order valence-electron chi connectivity index (χ3n) is 4.25. The first-order valence-corrected chi connectivity index (χ1v) is 7.47. The van der Waals surface area contributed by atoms with Gasteiger partial charge in [0.15, 0.2) is 5.75 Å². The van der Waals surface area contributed by atoms with Crippen LogP contribution in [0, 0.1) is 0 Å². The fourth-order valence-corrected chi connectivity index (χ4v) is 3.21. The maximum atomic E-state index is 12.8. The summed E-state index contributed by atoms with van der Waals surface area (Å²) in [5, 5.41) is 11.2. The summed E-state index contributed by atoms with van der Waals surface area (Å²) in [6.45, 7) is 0.562. The van der Waals surface area contributed by atoms with Crippen molar-refractivity contribution in [2.75, 3.05) is 7.05 Å². The molecule has 4 rings (SSSR count). The minimum atomic E-state index is -0.116. The van der Waals surface area contributed by atoms with Crippen LogP contribution >= 0.6 is 0 Å². The molecule has 1 N–H and O–H groups in total. The lowest BCUT2D eigenvalue weighted by atomic mass is 9.96. The number of aromatic nitrogens is 2. The predicted molar refractivity (Wildman–Crippen MR) is 90.3 cm³/mol. The molecule has 0 aliphatic carbocycles. The van der Waals surface area contributed by atoms with Gasteiger partial charge in [-0.15, -0.1) is 0 Å². The Morgan fingerprint density at radius 1 is 1.26 bits per heavy atom. The van der Waals surface area contributed by atoms with Gasteiger partial charge in [0.25, 0.3) is 5.56 Å². The molecule has 1 aliphatic rings. The quantitative estimate of drug-likeness (QED) is 0.702. The van der Waals surface area contributed by atoms with E-state index in [0.717, 1.165) is 17.5 Å². The summed E-state index contributed by atoms with van der Waals surface area (Å²) >= 11 is 0. The van der Waals surface area contributed by atoms with Crippen LogP contribution in [0.15, 0.2) is 46.2 Å². The highest BCUT2D eigenvalue weighted by molar-refractivity contribution is 5.93. The molecule has 2 aromatic heterocycles. The summed E-state index contributed by atoms with van der Waals surface area (Å²) in [5.41, 5.74) is 3.41. The summed E-state index contributed by atoms with van der Waals surface area (Å²) in [5.74, 6) is 0.0538. The molecule has 5 heteroatoms. The number of nitrogens with zero attached hydrogens (tertiary/aromatic N) is 3. The molecule has 0 saturated carbocycles. The number of aliphatic imine (C=N–C) groups is 1. The number of fused-ring (bicyclic) bond motifs is 4. The molecule has 3 aromatic rings. The number of hydrogen-bond acceptors (Lipinski definition) is 4. The van der Waals surface area contributed by atoms with Crippen LogP contribution in [0.1, 0.15) is 11.3 Å². The Bertz CT molecular complexity index is 1020. The van der Waals surface area contributed by atoms with Gasteiger partial charge < -0.3 is 9.67 Å². The zero-order valence-electron chi connectivity index (χ0n) is 12.7. The maximum absolute atomic E-state index is 12.8. The van der Waals surface area contributed by atoms with Crippen molar-refractivity contribution < 1.29 is 5.11 Å². The molecular formula is C18H15N3O2. The van der Waals surface area contributed by atoms with E-state index in [1.807, 2.05) is 24.3 Å². The second-order valence-corrected chi connectivity index (χ2v) is 5.58. The van der Waals surface area contributed by atoms with Crippen LogP contribution in [-0.2, 0) is 13.0 Å². The molecule has 3 heterocycles. The molecule has 0 radical (unpaired) electrons. The van der Waals surface area contributed by atoms with Gasteiger partial charge in [0.05, 0.1) is 16.8 Å². The molecule has 0 saturated heterocycles. The Labute approximate surface area is 132 Å². The monoisotopic (exact) mass is 305 g/mol. The number of aryl methyl sites for hydroxylation is 1. The van der Waals surface area contributed by atoms with E-state index in [2.05, 4.69) is 9.98 Å². The van der Waals surface area contributed by atoms with E-state index < -0.39 is 0 Å². The Morgan fingerprint density at radius 2 is 2.09 bits per heavy atom. The number of rotatable bonds is 1. The van der Waals surface area contributed by atoms with E-state index in [-0.39, 0.29) is 11.3 Å². The van der Waals surface area contributed by atoms with Crippen LogP contribution in [0.2, 0.25) is 0 Å². The van der Waals surface area contributed by atoms with Crippen molar-refractivity contribution in [3.63, 3.8) is 0 Å². The van der Waals surface area contributed by atoms with E-state index in [0.29, 0.717) is 28.8 Å². The molecule has 5 nitrogen and oxygen atoms in total. The molecule has 0 unspecified atom stereocenters. The fraction of sp³-hybridized carbons (Fsp3) is 0.167. The van der Waals surface area contributed by atoms with Gasteiger partial charge in [-0.1, -0.05) is 24.3 Å². The van der Waals surface area contributed by atoms with Crippen molar-refractivity contribution in [2.45, 2.75) is 13.0 Å². The molecule has 0 amide bonds. The average molecular weight is 305 g/mol. The lowest BCUT2D eigenvalue weighted by Crippen LogP contribution is -2.26. The van der Waals surface area contributed by atoms with Gasteiger partial charge in [-0.25, -0.2) is 4.98 Å². The highest BCUT2D eigenvalue weighted by Gasteiger charge is 2.23. The first-order chi connectivity index (χ1) is 11.2. The lowest BCUT2D eigenvalue weighted by molar-refractivity contribution is 0.471. The molecular weight excluding hydrogens is 290 g/mol. The van der Waals surface area contributed by atoms with Crippen LogP contribution < -0.4 is 5.56 Å².